The van der Waals surface area contributed by atoms with Gasteiger partial charge in [-0.2, -0.15) is 26.3 Å². The maximum Gasteiger partial charge on any atom is 0.416 e. The molecule has 1 aliphatic rings. The van der Waals surface area contributed by atoms with Crippen LogP contribution in [0.1, 0.15) is 37.0 Å². The van der Waals surface area contributed by atoms with Gasteiger partial charge in [0.05, 0.1) is 11.0 Å². The molecular weight excluding hydrogens is 318 g/mol. The molecule has 0 saturated carbocycles. The van der Waals surface area contributed by atoms with Crippen molar-refractivity contribution in [2.24, 2.45) is 5.41 Å². The zero-order valence-electron chi connectivity index (χ0n) is 12.9. The highest BCUT2D eigenvalue weighted by atomic mass is 19.4. The Bertz CT molecular complexity index is 675. The maximum atomic E-state index is 13.3. The summed E-state index contributed by atoms with van der Waals surface area (Å²) in [7, 11) is 0. The summed E-state index contributed by atoms with van der Waals surface area (Å²) < 4.78 is 78.5. The predicted molar refractivity (Wildman–Crippen MR) is 76.7 cm³/mol. The van der Waals surface area contributed by atoms with E-state index < -0.39 is 23.3 Å². The van der Waals surface area contributed by atoms with Crippen molar-refractivity contribution in [2.75, 3.05) is 0 Å². The van der Waals surface area contributed by atoms with Crippen molar-refractivity contribution in [3.63, 3.8) is 0 Å². The Kier molecular flexibility index (Phi) is 4.16. The molecule has 126 valence electrons. The van der Waals surface area contributed by atoms with E-state index in [1.165, 1.54) is 12.1 Å². The smallest absolute Gasteiger partial charge is 0.170 e. The minimum Gasteiger partial charge on any atom is -0.170 e. The molecule has 0 bridgehead atoms. The van der Waals surface area contributed by atoms with E-state index in [1.54, 1.807) is 13.8 Å². The van der Waals surface area contributed by atoms with Crippen LogP contribution in [0, 0.1) is 12.3 Å². The van der Waals surface area contributed by atoms with Gasteiger partial charge < -0.3 is 0 Å². The molecule has 1 atom stereocenters. The molecule has 0 amide bonds. The number of benzene rings is 1. The molecule has 1 aromatic rings. The highest BCUT2D eigenvalue weighted by Crippen LogP contribution is 2.49. The SMILES string of the molecule is CC1=C(c2cc(C(F)(F)F)ccc2C)CC(C)(C(F)(F)F)C=C1. The minimum atomic E-state index is -4.53. The lowest BCUT2D eigenvalue weighted by atomic mass is 9.74. The third-order valence-corrected chi connectivity index (χ3v) is 4.26. The topological polar surface area (TPSA) is 0 Å². The van der Waals surface area contributed by atoms with E-state index in [1.807, 2.05) is 0 Å². The van der Waals surface area contributed by atoms with Gasteiger partial charge in [0.25, 0.3) is 0 Å². The van der Waals surface area contributed by atoms with Crippen molar-refractivity contribution in [2.45, 2.75) is 39.5 Å². The number of rotatable bonds is 1. The second-order valence-electron chi connectivity index (χ2n) is 6.11. The summed E-state index contributed by atoms with van der Waals surface area (Å²) in [6.07, 6.45) is -6.96. The summed E-state index contributed by atoms with van der Waals surface area (Å²) in [5.74, 6) is 0. The van der Waals surface area contributed by atoms with Crippen LogP contribution >= 0.6 is 0 Å². The third kappa shape index (κ3) is 3.31. The molecule has 0 heterocycles. The lowest BCUT2D eigenvalue weighted by Gasteiger charge is -2.34. The fourth-order valence-electron chi connectivity index (χ4n) is 2.60. The molecule has 1 aliphatic carbocycles. The van der Waals surface area contributed by atoms with Gasteiger partial charge >= 0.3 is 12.4 Å². The average Bonchev–Trinajstić information content (AvgIpc) is 2.40. The number of hydrogen-bond donors (Lipinski definition) is 0. The van der Waals surface area contributed by atoms with E-state index in [2.05, 4.69) is 0 Å². The van der Waals surface area contributed by atoms with Crippen LogP contribution in [0.25, 0.3) is 5.57 Å². The van der Waals surface area contributed by atoms with Gasteiger partial charge in [-0.15, -0.1) is 0 Å². The van der Waals surface area contributed by atoms with Crippen molar-refractivity contribution in [1.29, 1.82) is 0 Å². The van der Waals surface area contributed by atoms with E-state index in [9.17, 15) is 26.3 Å². The van der Waals surface area contributed by atoms with Gasteiger partial charge in [-0.25, -0.2) is 0 Å². The molecule has 0 saturated heterocycles. The van der Waals surface area contributed by atoms with Crippen molar-refractivity contribution >= 4 is 5.57 Å². The summed E-state index contributed by atoms with van der Waals surface area (Å²) in [6, 6.07) is 3.17. The number of halogens is 6. The van der Waals surface area contributed by atoms with Gasteiger partial charge in [0.2, 0.25) is 0 Å². The fourth-order valence-corrected chi connectivity index (χ4v) is 2.60. The lowest BCUT2D eigenvalue weighted by Crippen LogP contribution is -2.35. The van der Waals surface area contributed by atoms with Gasteiger partial charge in [-0.05, 0) is 61.6 Å². The first-order chi connectivity index (χ1) is 10.3. The van der Waals surface area contributed by atoms with Crippen LogP contribution in [0.2, 0.25) is 0 Å². The van der Waals surface area contributed by atoms with E-state index in [4.69, 9.17) is 0 Å². The predicted octanol–water partition coefficient (Wildman–Crippen LogP) is 6.32. The largest absolute Gasteiger partial charge is 0.416 e. The van der Waals surface area contributed by atoms with E-state index in [0.717, 1.165) is 25.1 Å². The fraction of sp³-hybridized carbons (Fsp3) is 0.412. The molecule has 23 heavy (non-hydrogen) atoms. The van der Waals surface area contributed by atoms with Crippen LogP contribution in [0.3, 0.4) is 0 Å². The van der Waals surface area contributed by atoms with Crippen LogP contribution in [0.5, 0.6) is 0 Å². The Labute approximate surface area is 130 Å². The number of alkyl halides is 6. The quantitative estimate of drug-likeness (QED) is 0.528. The molecule has 0 spiro atoms. The lowest BCUT2D eigenvalue weighted by molar-refractivity contribution is -0.198. The molecule has 2 rings (SSSR count). The summed E-state index contributed by atoms with van der Waals surface area (Å²) in [5.41, 5.74) is -1.35. The zero-order valence-corrected chi connectivity index (χ0v) is 12.9. The van der Waals surface area contributed by atoms with Crippen LogP contribution in [0.4, 0.5) is 26.3 Å². The zero-order chi connectivity index (χ0) is 17.6. The van der Waals surface area contributed by atoms with Crippen molar-refractivity contribution in [1.82, 2.24) is 0 Å². The molecule has 0 radical (unpaired) electrons. The number of aryl methyl sites for hydroxylation is 1. The molecule has 0 nitrogen and oxygen atoms in total. The normalized spacial score (nSPS) is 22.7. The first-order valence-corrected chi connectivity index (χ1v) is 6.99. The highest BCUT2D eigenvalue weighted by Gasteiger charge is 2.50. The minimum absolute atomic E-state index is 0.220. The van der Waals surface area contributed by atoms with Gasteiger partial charge in [0.1, 0.15) is 0 Å². The van der Waals surface area contributed by atoms with Gasteiger partial charge in [0, 0.05) is 0 Å². The van der Waals surface area contributed by atoms with Gasteiger partial charge in [-0.1, -0.05) is 18.2 Å². The molecular formula is C17H16F6. The number of hydrogen-bond acceptors (Lipinski definition) is 0. The maximum absolute atomic E-state index is 13.3. The third-order valence-electron chi connectivity index (χ3n) is 4.26. The molecule has 1 unspecified atom stereocenters. The molecule has 6 heteroatoms. The highest BCUT2D eigenvalue weighted by molar-refractivity contribution is 5.75. The first kappa shape index (κ1) is 17.6. The van der Waals surface area contributed by atoms with Crippen LogP contribution in [0.15, 0.2) is 35.9 Å². The van der Waals surface area contributed by atoms with E-state index >= 15 is 0 Å². The van der Waals surface area contributed by atoms with Crippen LogP contribution in [-0.4, -0.2) is 6.18 Å². The molecule has 0 N–H and O–H groups in total. The first-order valence-electron chi connectivity index (χ1n) is 6.99. The van der Waals surface area contributed by atoms with Crippen LogP contribution < -0.4 is 0 Å². The molecule has 0 aliphatic heterocycles. The van der Waals surface area contributed by atoms with Gasteiger partial charge in [0.15, 0.2) is 0 Å². The molecule has 0 aromatic heterocycles. The summed E-state index contributed by atoms with van der Waals surface area (Å²) >= 11 is 0. The Morgan fingerprint density at radius 3 is 2.13 bits per heavy atom. The average molecular weight is 334 g/mol. The number of allylic oxidation sites excluding steroid dienone is 4. The Hall–Kier alpha value is -1.72. The van der Waals surface area contributed by atoms with Crippen molar-refractivity contribution in [3.05, 3.63) is 52.6 Å². The second-order valence-corrected chi connectivity index (χ2v) is 6.11. The standard InChI is InChI=1S/C17H16F6/c1-10-4-5-12(16(18,19)20)8-13(10)14-9-15(3,17(21,22)23)7-6-11(14)2/h4-8H,9H2,1-3H3. The summed E-state index contributed by atoms with van der Waals surface area (Å²) in [5, 5.41) is 0. The molecule has 0 fully saturated rings. The van der Waals surface area contributed by atoms with Crippen molar-refractivity contribution < 1.29 is 26.3 Å². The second kappa shape index (κ2) is 5.42. The van der Waals surface area contributed by atoms with E-state index in [0.29, 0.717) is 16.7 Å². The van der Waals surface area contributed by atoms with E-state index in [-0.39, 0.29) is 12.0 Å². The van der Waals surface area contributed by atoms with Gasteiger partial charge in [-0.3, -0.25) is 0 Å². The van der Waals surface area contributed by atoms with Crippen molar-refractivity contribution in [3.8, 4) is 0 Å². The Morgan fingerprint density at radius 1 is 1.00 bits per heavy atom. The summed E-state index contributed by atoms with van der Waals surface area (Å²) in [4.78, 5) is 0. The monoisotopic (exact) mass is 334 g/mol. The Balaban J connectivity index is 2.55. The van der Waals surface area contributed by atoms with Crippen LogP contribution in [-0.2, 0) is 6.18 Å². The molecule has 1 aromatic carbocycles. The Morgan fingerprint density at radius 2 is 1.61 bits per heavy atom. The summed E-state index contributed by atoms with van der Waals surface area (Å²) in [6.45, 7) is 4.26.